The molecule has 0 unspecified atom stereocenters. The number of carbonyl (C=O) groups is 2. The van der Waals surface area contributed by atoms with Crippen LogP contribution in [-0.2, 0) is 23.2 Å². The third-order valence-electron chi connectivity index (χ3n) is 5.05. The standard InChI is InChI=1S/C19H16N4O6.C2H2O4/c1-22-14(11-2-3-15-16(4-11)27-9-26-15)8-21-19(22)20-7-12-5-17-18(29-10-28-17)6-13(12)23(24)25;3-1(4)2(5)6/h2-6,8H,7,9-10H2,1H3,(H,20,21);(H,3,4)(H,5,6). The molecule has 35 heavy (non-hydrogen) atoms. The zero-order valence-electron chi connectivity index (χ0n) is 18.1. The van der Waals surface area contributed by atoms with Crippen molar-refractivity contribution in [2.75, 3.05) is 18.9 Å². The Hall–Kier alpha value is -5.01. The van der Waals surface area contributed by atoms with Crippen LogP contribution in [0, 0.1) is 10.1 Å². The van der Waals surface area contributed by atoms with Crippen molar-refractivity contribution >= 4 is 23.6 Å². The van der Waals surface area contributed by atoms with Crippen LogP contribution >= 0.6 is 0 Å². The second kappa shape index (κ2) is 9.46. The lowest BCUT2D eigenvalue weighted by Gasteiger charge is -2.10. The smallest absolute Gasteiger partial charge is 0.414 e. The molecule has 0 bridgehead atoms. The second-order valence-electron chi connectivity index (χ2n) is 7.15. The number of nitrogens with one attached hydrogen (secondary N) is 1. The minimum absolute atomic E-state index is 0.0352. The Morgan fingerprint density at radius 1 is 1.03 bits per heavy atom. The van der Waals surface area contributed by atoms with Crippen LogP contribution in [0.3, 0.4) is 0 Å². The summed E-state index contributed by atoms with van der Waals surface area (Å²) in [7, 11) is 1.86. The number of benzene rings is 2. The Labute approximate surface area is 196 Å². The first-order chi connectivity index (χ1) is 16.7. The molecular weight excluding hydrogens is 468 g/mol. The normalized spacial score (nSPS) is 12.5. The maximum absolute atomic E-state index is 11.4. The number of anilines is 1. The van der Waals surface area contributed by atoms with Gasteiger partial charge in [0.1, 0.15) is 0 Å². The summed E-state index contributed by atoms with van der Waals surface area (Å²) in [5.74, 6) is -0.802. The maximum Gasteiger partial charge on any atom is 0.414 e. The number of nitrogens with zero attached hydrogens (tertiary/aromatic N) is 3. The van der Waals surface area contributed by atoms with E-state index in [-0.39, 0.29) is 25.8 Å². The second-order valence-corrected chi connectivity index (χ2v) is 7.15. The van der Waals surface area contributed by atoms with E-state index in [4.69, 9.17) is 38.7 Å². The van der Waals surface area contributed by atoms with Crippen LogP contribution in [-0.4, -0.2) is 50.2 Å². The maximum atomic E-state index is 11.4. The van der Waals surface area contributed by atoms with E-state index >= 15 is 0 Å². The molecule has 0 saturated carbocycles. The van der Waals surface area contributed by atoms with Crippen molar-refractivity contribution in [3.8, 4) is 34.3 Å². The first-order valence-corrected chi connectivity index (χ1v) is 9.93. The number of carboxylic acids is 2. The Balaban J connectivity index is 0.000000431. The first-order valence-electron chi connectivity index (χ1n) is 9.93. The van der Waals surface area contributed by atoms with Crippen LogP contribution in [0.2, 0.25) is 0 Å². The topological polar surface area (TPSA) is 185 Å². The molecule has 0 radical (unpaired) electrons. The Kier molecular flexibility index (Phi) is 6.26. The summed E-state index contributed by atoms with van der Waals surface area (Å²) in [6.45, 7) is 0.477. The third kappa shape index (κ3) is 4.85. The number of aliphatic carboxylic acids is 2. The van der Waals surface area contributed by atoms with Crippen LogP contribution < -0.4 is 24.3 Å². The van der Waals surface area contributed by atoms with Crippen molar-refractivity contribution in [2.45, 2.75) is 6.54 Å². The van der Waals surface area contributed by atoms with Gasteiger partial charge < -0.3 is 39.0 Å². The highest BCUT2D eigenvalue weighted by Gasteiger charge is 2.23. The number of ether oxygens (including phenoxy) is 4. The highest BCUT2D eigenvalue weighted by atomic mass is 16.7. The molecule has 5 rings (SSSR count). The third-order valence-corrected chi connectivity index (χ3v) is 5.05. The molecule has 0 amide bonds. The number of hydrogen-bond donors (Lipinski definition) is 3. The molecule has 2 aliphatic rings. The number of fused-ring (bicyclic) bond motifs is 2. The molecule has 14 heteroatoms. The van der Waals surface area contributed by atoms with Crippen LogP contribution in [0.1, 0.15) is 5.56 Å². The molecule has 3 heterocycles. The Morgan fingerprint density at radius 3 is 2.26 bits per heavy atom. The van der Waals surface area contributed by atoms with E-state index in [2.05, 4.69) is 10.3 Å². The van der Waals surface area contributed by atoms with E-state index in [1.807, 2.05) is 29.8 Å². The molecule has 2 aromatic carbocycles. The minimum Gasteiger partial charge on any atom is -0.473 e. The van der Waals surface area contributed by atoms with Crippen molar-refractivity contribution < 1.29 is 43.7 Å². The largest absolute Gasteiger partial charge is 0.473 e. The zero-order chi connectivity index (χ0) is 25.1. The quantitative estimate of drug-likeness (QED) is 0.272. The van der Waals surface area contributed by atoms with E-state index in [1.54, 1.807) is 12.3 Å². The van der Waals surface area contributed by atoms with Crippen LogP contribution in [0.5, 0.6) is 23.0 Å². The predicted molar refractivity (Wildman–Crippen MR) is 117 cm³/mol. The number of aromatic nitrogens is 2. The molecule has 2 aliphatic heterocycles. The zero-order valence-corrected chi connectivity index (χ0v) is 18.1. The first kappa shape index (κ1) is 23.2. The van der Waals surface area contributed by atoms with Crippen molar-refractivity contribution in [1.82, 2.24) is 9.55 Å². The summed E-state index contributed by atoms with van der Waals surface area (Å²) < 4.78 is 23.2. The molecule has 182 valence electrons. The van der Waals surface area contributed by atoms with Crippen molar-refractivity contribution in [1.29, 1.82) is 0 Å². The van der Waals surface area contributed by atoms with E-state index in [1.165, 1.54) is 6.07 Å². The van der Waals surface area contributed by atoms with E-state index < -0.39 is 16.9 Å². The van der Waals surface area contributed by atoms with Crippen LogP contribution in [0.25, 0.3) is 11.3 Å². The number of rotatable bonds is 5. The average molecular weight is 486 g/mol. The van der Waals surface area contributed by atoms with Gasteiger partial charge in [0.2, 0.25) is 19.5 Å². The molecule has 0 saturated heterocycles. The lowest BCUT2D eigenvalue weighted by molar-refractivity contribution is -0.385. The van der Waals surface area contributed by atoms with Gasteiger partial charge in [-0.1, -0.05) is 0 Å². The van der Waals surface area contributed by atoms with Crippen LogP contribution in [0.15, 0.2) is 36.5 Å². The molecule has 0 spiro atoms. The van der Waals surface area contributed by atoms with Gasteiger partial charge in [0, 0.05) is 19.2 Å². The summed E-state index contributed by atoms with van der Waals surface area (Å²) in [5, 5.41) is 29.4. The van der Waals surface area contributed by atoms with Gasteiger partial charge >= 0.3 is 11.9 Å². The molecule has 0 atom stereocenters. The number of nitro benzene ring substituents is 1. The fraction of sp³-hybridized carbons (Fsp3) is 0.190. The minimum atomic E-state index is -1.82. The van der Waals surface area contributed by atoms with Gasteiger partial charge in [0.05, 0.1) is 28.4 Å². The lowest BCUT2D eigenvalue weighted by Crippen LogP contribution is -2.09. The lowest BCUT2D eigenvalue weighted by atomic mass is 10.1. The van der Waals surface area contributed by atoms with E-state index in [0.29, 0.717) is 34.5 Å². The van der Waals surface area contributed by atoms with Gasteiger partial charge in [-0.15, -0.1) is 0 Å². The van der Waals surface area contributed by atoms with Crippen LogP contribution in [0.4, 0.5) is 11.6 Å². The monoisotopic (exact) mass is 486 g/mol. The number of carboxylic acid groups (broad SMARTS) is 2. The van der Waals surface area contributed by atoms with Gasteiger partial charge in [-0.05, 0) is 24.3 Å². The van der Waals surface area contributed by atoms with E-state index in [9.17, 15) is 10.1 Å². The predicted octanol–water partition coefficient (Wildman–Crippen LogP) is 2.22. The molecule has 0 fully saturated rings. The molecular formula is C21H18N4O10. The summed E-state index contributed by atoms with van der Waals surface area (Å²) in [6.07, 6.45) is 1.73. The van der Waals surface area contributed by atoms with Crippen molar-refractivity contribution in [3.05, 3.63) is 52.2 Å². The highest BCUT2D eigenvalue weighted by molar-refractivity contribution is 6.27. The molecule has 3 aromatic rings. The summed E-state index contributed by atoms with van der Waals surface area (Å²) in [5.41, 5.74) is 2.23. The molecule has 0 aliphatic carbocycles. The Morgan fingerprint density at radius 2 is 1.63 bits per heavy atom. The average Bonchev–Trinajstić information content (AvgIpc) is 3.56. The molecule has 3 N–H and O–H groups in total. The molecule has 14 nitrogen and oxygen atoms in total. The SMILES string of the molecule is Cn1c(-c2ccc3c(c2)OCO3)cnc1NCc1cc2c(cc1[N+](=O)[O-])OCO2.O=C(O)C(=O)O. The van der Waals surface area contributed by atoms with Gasteiger partial charge in [-0.3, -0.25) is 10.1 Å². The van der Waals surface area contributed by atoms with Gasteiger partial charge in [-0.25, -0.2) is 14.6 Å². The summed E-state index contributed by atoms with van der Waals surface area (Å²) >= 11 is 0. The number of nitro groups is 1. The van der Waals surface area contributed by atoms with E-state index in [0.717, 1.165) is 11.3 Å². The van der Waals surface area contributed by atoms with Crippen molar-refractivity contribution in [2.24, 2.45) is 7.05 Å². The molecule has 1 aromatic heterocycles. The summed E-state index contributed by atoms with van der Waals surface area (Å²) in [4.78, 5) is 33.6. The van der Waals surface area contributed by atoms with Gasteiger partial charge in [0.25, 0.3) is 5.69 Å². The fourth-order valence-corrected chi connectivity index (χ4v) is 3.36. The summed E-state index contributed by atoms with van der Waals surface area (Å²) in [6, 6.07) is 8.68. The Bertz CT molecular complexity index is 1310. The van der Waals surface area contributed by atoms with Gasteiger partial charge in [-0.2, -0.15) is 0 Å². The number of hydrogen-bond acceptors (Lipinski definition) is 10. The number of imidazole rings is 1. The fourth-order valence-electron chi connectivity index (χ4n) is 3.36. The van der Waals surface area contributed by atoms with Gasteiger partial charge in [0.15, 0.2) is 23.0 Å². The van der Waals surface area contributed by atoms with Crippen molar-refractivity contribution in [3.63, 3.8) is 0 Å². The highest BCUT2D eigenvalue weighted by Crippen LogP contribution is 2.39.